The summed E-state index contributed by atoms with van der Waals surface area (Å²) in [6, 6.07) is 14.8. The quantitative estimate of drug-likeness (QED) is 0.815. The van der Waals surface area contributed by atoms with Crippen LogP contribution in [0.5, 0.6) is 5.75 Å². The van der Waals surface area contributed by atoms with Gasteiger partial charge in [0.1, 0.15) is 5.75 Å². The van der Waals surface area contributed by atoms with E-state index < -0.39 is 6.10 Å². The minimum Gasteiger partial charge on any atom is -0.481 e. The first-order valence-electron chi connectivity index (χ1n) is 6.03. The van der Waals surface area contributed by atoms with Crippen LogP contribution in [0.1, 0.15) is 6.92 Å². The predicted octanol–water partition coefficient (Wildman–Crippen LogP) is 4.62. The van der Waals surface area contributed by atoms with E-state index in [4.69, 9.17) is 4.74 Å². The molecule has 1 atom stereocenters. The third-order valence-electron chi connectivity index (χ3n) is 2.61. The Morgan fingerprint density at radius 1 is 1.00 bits per heavy atom. The summed E-state index contributed by atoms with van der Waals surface area (Å²) >= 11 is 6.70. The van der Waals surface area contributed by atoms with Gasteiger partial charge < -0.3 is 10.1 Å². The van der Waals surface area contributed by atoms with Crippen LogP contribution in [0.25, 0.3) is 0 Å². The number of hydrogen-bond donors (Lipinski definition) is 1. The van der Waals surface area contributed by atoms with Crippen LogP contribution in [0.2, 0.25) is 0 Å². The number of carbonyl (C=O) groups excluding carboxylic acids is 1. The molecule has 0 aliphatic carbocycles. The fourth-order valence-corrected chi connectivity index (χ4v) is 2.08. The van der Waals surface area contributed by atoms with Crippen LogP contribution in [0.3, 0.4) is 0 Å². The van der Waals surface area contributed by atoms with E-state index >= 15 is 0 Å². The van der Waals surface area contributed by atoms with Crippen molar-refractivity contribution in [1.82, 2.24) is 0 Å². The Balaban J connectivity index is 1.94. The predicted molar refractivity (Wildman–Crippen MR) is 87.0 cm³/mol. The van der Waals surface area contributed by atoms with Crippen molar-refractivity contribution in [2.24, 2.45) is 0 Å². The van der Waals surface area contributed by atoms with E-state index in [9.17, 15) is 4.79 Å². The largest absolute Gasteiger partial charge is 0.481 e. The zero-order chi connectivity index (χ0) is 14.5. The maximum atomic E-state index is 12.0. The van der Waals surface area contributed by atoms with Crippen LogP contribution >= 0.6 is 31.9 Å². The van der Waals surface area contributed by atoms with E-state index in [1.165, 1.54) is 0 Å². The number of amides is 1. The number of rotatable bonds is 4. The van der Waals surface area contributed by atoms with Gasteiger partial charge in [0, 0.05) is 14.6 Å². The fraction of sp³-hybridized carbons (Fsp3) is 0.133. The second-order valence-corrected chi connectivity index (χ2v) is 6.04. The minimum atomic E-state index is -0.570. The molecule has 0 radical (unpaired) electrons. The molecular weight excluding hydrogens is 386 g/mol. The van der Waals surface area contributed by atoms with Gasteiger partial charge in [-0.15, -0.1) is 0 Å². The van der Waals surface area contributed by atoms with Crippen molar-refractivity contribution < 1.29 is 9.53 Å². The summed E-state index contributed by atoms with van der Waals surface area (Å²) in [5.41, 5.74) is 0.740. The highest BCUT2D eigenvalue weighted by Crippen LogP contribution is 2.18. The van der Waals surface area contributed by atoms with Crippen LogP contribution in [-0.4, -0.2) is 12.0 Å². The molecule has 20 heavy (non-hydrogen) atoms. The molecule has 104 valence electrons. The van der Waals surface area contributed by atoms with E-state index in [1.807, 2.05) is 48.5 Å². The summed E-state index contributed by atoms with van der Waals surface area (Å²) in [4.78, 5) is 12.0. The summed E-state index contributed by atoms with van der Waals surface area (Å²) in [7, 11) is 0. The summed E-state index contributed by atoms with van der Waals surface area (Å²) in [6.07, 6.45) is -0.570. The molecule has 2 aromatic rings. The molecule has 0 aromatic heterocycles. The number of anilines is 1. The Kier molecular flexibility index (Phi) is 5.20. The van der Waals surface area contributed by atoms with Crippen molar-refractivity contribution in [3.8, 4) is 5.75 Å². The molecule has 0 aliphatic heterocycles. The van der Waals surface area contributed by atoms with Gasteiger partial charge in [-0.25, -0.2) is 0 Å². The van der Waals surface area contributed by atoms with Crippen LogP contribution < -0.4 is 10.1 Å². The van der Waals surface area contributed by atoms with Crippen LogP contribution in [-0.2, 0) is 4.79 Å². The fourth-order valence-electron chi connectivity index (χ4n) is 1.55. The van der Waals surface area contributed by atoms with Crippen LogP contribution in [0.15, 0.2) is 57.5 Å². The Morgan fingerprint density at radius 3 is 2.05 bits per heavy atom. The second-order valence-electron chi connectivity index (χ2n) is 4.21. The number of benzene rings is 2. The normalized spacial score (nSPS) is 11.8. The average molecular weight is 399 g/mol. The topological polar surface area (TPSA) is 38.3 Å². The van der Waals surface area contributed by atoms with Gasteiger partial charge >= 0.3 is 0 Å². The molecule has 0 aliphatic rings. The van der Waals surface area contributed by atoms with E-state index in [1.54, 1.807) is 6.92 Å². The second kappa shape index (κ2) is 6.90. The van der Waals surface area contributed by atoms with Gasteiger partial charge in [0.15, 0.2) is 6.10 Å². The molecule has 3 nitrogen and oxygen atoms in total. The number of hydrogen-bond acceptors (Lipinski definition) is 2. The minimum absolute atomic E-state index is 0.185. The summed E-state index contributed by atoms with van der Waals surface area (Å²) in [5.74, 6) is 0.474. The number of nitrogens with one attached hydrogen (secondary N) is 1. The summed E-state index contributed by atoms with van der Waals surface area (Å²) < 4.78 is 7.52. The van der Waals surface area contributed by atoms with E-state index in [-0.39, 0.29) is 5.91 Å². The van der Waals surface area contributed by atoms with Gasteiger partial charge in [0.05, 0.1) is 0 Å². The van der Waals surface area contributed by atoms with E-state index in [2.05, 4.69) is 37.2 Å². The maximum Gasteiger partial charge on any atom is 0.265 e. The lowest BCUT2D eigenvalue weighted by Crippen LogP contribution is -2.30. The molecular formula is C15H13Br2NO2. The zero-order valence-electron chi connectivity index (χ0n) is 10.8. The SMILES string of the molecule is CC(Oc1ccc(Br)cc1)C(=O)Nc1ccc(Br)cc1. The lowest BCUT2D eigenvalue weighted by atomic mass is 10.3. The molecule has 1 N–H and O–H groups in total. The molecule has 1 unspecified atom stereocenters. The van der Waals surface area contributed by atoms with Gasteiger partial charge in [-0.3, -0.25) is 4.79 Å². The number of halogens is 2. The van der Waals surface area contributed by atoms with Gasteiger partial charge in [-0.1, -0.05) is 31.9 Å². The molecule has 0 spiro atoms. The number of carbonyl (C=O) groups is 1. The smallest absolute Gasteiger partial charge is 0.265 e. The Labute approximate surface area is 134 Å². The monoisotopic (exact) mass is 397 g/mol. The highest BCUT2D eigenvalue weighted by Gasteiger charge is 2.14. The van der Waals surface area contributed by atoms with Crippen LogP contribution in [0.4, 0.5) is 5.69 Å². The molecule has 0 heterocycles. The van der Waals surface area contributed by atoms with Gasteiger partial charge in [-0.05, 0) is 55.5 Å². The Morgan fingerprint density at radius 2 is 1.50 bits per heavy atom. The van der Waals surface area contributed by atoms with E-state index in [0.717, 1.165) is 14.6 Å². The molecule has 0 fully saturated rings. The zero-order valence-corrected chi connectivity index (χ0v) is 13.9. The molecule has 5 heteroatoms. The molecule has 0 saturated heterocycles. The van der Waals surface area contributed by atoms with E-state index in [0.29, 0.717) is 5.75 Å². The van der Waals surface area contributed by atoms with Gasteiger partial charge in [-0.2, -0.15) is 0 Å². The Bertz CT molecular complexity index is 582. The lowest BCUT2D eigenvalue weighted by Gasteiger charge is -2.14. The first-order chi connectivity index (χ1) is 9.54. The molecule has 2 rings (SSSR count). The summed E-state index contributed by atoms with van der Waals surface area (Å²) in [5, 5.41) is 2.81. The third kappa shape index (κ3) is 4.35. The summed E-state index contributed by atoms with van der Waals surface area (Å²) in [6.45, 7) is 1.72. The molecule has 0 saturated carbocycles. The first-order valence-corrected chi connectivity index (χ1v) is 7.62. The van der Waals surface area contributed by atoms with Crippen molar-refractivity contribution in [2.45, 2.75) is 13.0 Å². The maximum absolute atomic E-state index is 12.0. The van der Waals surface area contributed by atoms with Crippen molar-refractivity contribution in [1.29, 1.82) is 0 Å². The Hall–Kier alpha value is -1.33. The lowest BCUT2D eigenvalue weighted by molar-refractivity contribution is -0.122. The van der Waals surface area contributed by atoms with Crippen molar-refractivity contribution >= 4 is 43.5 Å². The van der Waals surface area contributed by atoms with Gasteiger partial charge in [0.25, 0.3) is 5.91 Å². The molecule has 2 aromatic carbocycles. The van der Waals surface area contributed by atoms with Gasteiger partial charge in [0.2, 0.25) is 0 Å². The molecule has 1 amide bonds. The highest BCUT2D eigenvalue weighted by molar-refractivity contribution is 9.10. The highest BCUT2D eigenvalue weighted by atomic mass is 79.9. The number of ether oxygens (including phenoxy) is 1. The van der Waals surface area contributed by atoms with Crippen LogP contribution in [0, 0.1) is 0 Å². The van der Waals surface area contributed by atoms with Crippen molar-refractivity contribution in [3.05, 3.63) is 57.5 Å². The van der Waals surface area contributed by atoms with Crippen molar-refractivity contribution in [2.75, 3.05) is 5.32 Å². The average Bonchev–Trinajstić information content (AvgIpc) is 2.44. The first kappa shape index (κ1) is 15.1. The standard InChI is InChI=1S/C15H13Br2NO2/c1-10(20-14-8-4-12(17)5-9-14)15(19)18-13-6-2-11(16)3-7-13/h2-10H,1H3,(H,18,19). The molecule has 0 bridgehead atoms. The third-order valence-corrected chi connectivity index (χ3v) is 3.66. The van der Waals surface area contributed by atoms with Crippen molar-refractivity contribution in [3.63, 3.8) is 0 Å².